The smallest absolute Gasteiger partial charge is 0.282 e. The molecule has 19 heteroatoms. The van der Waals surface area contributed by atoms with Crippen molar-refractivity contribution < 1.29 is 51.0 Å². The molecular weight excluding hydrogens is 1150 g/mol. The Morgan fingerprint density at radius 1 is 0.839 bits per heavy atom. The van der Waals surface area contributed by atoms with E-state index in [0.29, 0.717) is 31.6 Å². The number of nitrogens with zero attached hydrogens (tertiary/aromatic N) is 3. The van der Waals surface area contributed by atoms with E-state index in [1.165, 1.54) is 9.80 Å². The van der Waals surface area contributed by atoms with Gasteiger partial charge in [-0.15, -0.1) is 11.3 Å². The molecule has 5 aromatic carbocycles. The number of para-hydroxylation sites is 1. The lowest BCUT2D eigenvalue weighted by Crippen LogP contribution is -2.67. The summed E-state index contributed by atoms with van der Waals surface area (Å²) in [4.78, 5) is 52.5. The number of alkyl halides is 2. The molecule has 7 aromatic rings. The third-order valence-electron chi connectivity index (χ3n) is 16.8. The monoisotopic (exact) mass is 1230 g/mol. The summed E-state index contributed by atoms with van der Waals surface area (Å²) in [7, 11) is -3.37. The van der Waals surface area contributed by atoms with Crippen LogP contribution >= 0.6 is 11.3 Å². The molecule has 2 aliphatic rings. The van der Waals surface area contributed by atoms with Gasteiger partial charge in [-0.1, -0.05) is 164 Å². The number of benzene rings is 5. The third-order valence-corrected chi connectivity index (χ3v) is 22.8. The van der Waals surface area contributed by atoms with Crippen molar-refractivity contribution in [1.82, 2.24) is 30.4 Å². The van der Waals surface area contributed by atoms with Gasteiger partial charge in [0.2, 0.25) is 17.7 Å². The van der Waals surface area contributed by atoms with Crippen molar-refractivity contribution in [2.45, 2.75) is 148 Å². The van der Waals surface area contributed by atoms with Crippen molar-refractivity contribution in [3.8, 4) is 16.2 Å². The molecular formula is C68H82F4N6O7SSi. The minimum atomic E-state index is -3.45. The van der Waals surface area contributed by atoms with Crippen molar-refractivity contribution in [1.29, 1.82) is 0 Å². The fourth-order valence-corrected chi connectivity index (χ4v) is 17.8. The van der Waals surface area contributed by atoms with Gasteiger partial charge in [0.1, 0.15) is 36.1 Å². The largest absolute Gasteiger partial charge is 0.493 e. The highest BCUT2D eigenvalue weighted by Gasteiger charge is 2.53. The Balaban J connectivity index is 0.752. The second-order valence-corrected chi connectivity index (χ2v) is 30.6. The van der Waals surface area contributed by atoms with Crippen LogP contribution in [0, 0.1) is 24.0 Å². The SMILES string of the molecule is Cc1ncsc1-c1ccc(CNC(=O)[C@@H]2C[C@@H](O)CN2C(=O)[C@@H](NC(=O)COCCCCCCCOc2cc(F)c([C@@H]3c4[nH]c5ccccc5c4C[C@@H](C)N3CC(F)(F)CO[Si](c3ccccc3)(c3ccccc3)C(C)(C)C)c(F)c2)C(C)(C)C)cc1. The zero-order chi connectivity index (χ0) is 62.3. The highest BCUT2D eigenvalue weighted by atomic mass is 32.1. The highest BCUT2D eigenvalue weighted by Crippen LogP contribution is 2.45. The summed E-state index contributed by atoms with van der Waals surface area (Å²) < 4.78 is 85.9. The van der Waals surface area contributed by atoms with E-state index in [2.05, 4.69) is 20.6 Å². The molecule has 0 spiro atoms. The lowest BCUT2D eigenvalue weighted by molar-refractivity contribution is -0.144. The first kappa shape index (κ1) is 64.7. The maximum absolute atomic E-state index is 17.0. The van der Waals surface area contributed by atoms with Gasteiger partial charge >= 0.3 is 0 Å². The fourth-order valence-electron chi connectivity index (χ4n) is 12.4. The number of rotatable bonds is 25. The number of unbranched alkanes of at least 4 members (excludes halogenated alkanes) is 4. The Labute approximate surface area is 513 Å². The number of β-amino-alcohol motifs (C(OH)–C–C–N with tert-alkyl or cyclic N) is 1. The number of hydrogen-bond donors (Lipinski definition) is 4. The summed E-state index contributed by atoms with van der Waals surface area (Å²) in [5.74, 6) is -6.61. The molecule has 4 heterocycles. The first-order valence-corrected chi connectivity index (χ1v) is 33.0. The quantitative estimate of drug-likeness (QED) is 0.0248. The number of hydrogen-bond acceptors (Lipinski definition) is 10. The number of halogens is 4. The second kappa shape index (κ2) is 27.7. The van der Waals surface area contributed by atoms with Crippen LogP contribution in [0.5, 0.6) is 5.75 Å². The first-order chi connectivity index (χ1) is 41.5. The Morgan fingerprint density at radius 2 is 1.46 bits per heavy atom. The molecule has 1 saturated heterocycles. The maximum Gasteiger partial charge on any atom is 0.282 e. The van der Waals surface area contributed by atoms with E-state index in [1.54, 1.807) is 16.8 Å². The molecule has 464 valence electrons. The Kier molecular flexibility index (Phi) is 20.6. The van der Waals surface area contributed by atoms with Gasteiger partial charge in [0.05, 0.1) is 48.0 Å². The van der Waals surface area contributed by atoms with Gasteiger partial charge < -0.3 is 39.5 Å². The van der Waals surface area contributed by atoms with Gasteiger partial charge in [-0.2, -0.15) is 0 Å². The van der Waals surface area contributed by atoms with Gasteiger partial charge in [0.25, 0.3) is 14.2 Å². The lowest BCUT2D eigenvalue weighted by atomic mass is 9.85. The van der Waals surface area contributed by atoms with Crippen LogP contribution in [0.25, 0.3) is 21.3 Å². The number of carbonyl (C=O) groups is 3. The zero-order valence-electron chi connectivity index (χ0n) is 51.1. The maximum atomic E-state index is 17.0. The molecule has 4 N–H and O–H groups in total. The molecule has 0 unspecified atom stereocenters. The van der Waals surface area contributed by atoms with Crippen LogP contribution in [0.1, 0.15) is 121 Å². The number of fused-ring (bicyclic) bond motifs is 3. The zero-order valence-corrected chi connectivity index (χ0v) is 52.9. The molecule has 2 aromatic heterocycles. The summed E-state index contributed by atoms with van der Waals surface area (Å²) in [6, 6.07) is 33.1. The third kappa shape index (κ3) is 15.1. The number of amides is 3. The second-order valence-electron chi connectivity index (χ2n) is 25.4. The molecule has 0 bridgehead atoms. The number of carbonyl (C=O) groups excluding carboxylic acids is 3. The van der Waals surface area contributed by atoms with Crippen LogP contribution in [-0.4, -0.2) is 121 Å². The minimum absolute atomic E-state index is 0.00768. The Hall–Kier alpha value is -6.74. The molecule has 1 fully saturated rings. The summed E-state index contributed by atoms with van der Waals surface area (Å²) in [6.07, 6.45) is 3.11. The van der Waals surface area contributed by atoms with Gasteiger partial charge in [-0.3, -0.25) is 19.3 Å². The number of H-pyrrole nitrogens is 1. The summed E-state index contributed by atoms with van der Waals surface area (Å²) in [5, 5.41) is 18.4. The molecule has 0 aliphatic carbocycles. The number of likely N-dealkylation sites (tertiary alicyclic amines) is 1. The van der Waals surface area contributed by atoms with Crippen LogP contribution in [0.3, 0.4) is 0 Å². The van der Waals surface area contributed by atoms with E-state index in [-0.39, 0.29) is 44.0 Å². The Morgan fingerprint density at radius 3 is 2.08 bits per heavy atom. The van der Waals surface area contributed by atoms with Crippen molar-refractivity contribution in [3.05, 3.63) is 167 Å². The highest BCUT2D eigenvalue weighted by molar-refractivity contribution is 7.13. The summed E-state index contributed by atoms with van der Waals surface area (Å²) in [5.41, 5.74) is 5.63. The van der Waals surface area contributed by atoms with Crippen molar-refractivity contribution in [2.75, 3.05) is 39.5 Å². The normalized spacial score (nSPS) is 18.0. The van der Waals surface area contributed by atoms with Gasteiger partial charge in [0, 0.05) is 66.5 Å². The molecule has 3 amide bonds. The predicted octanol–water partition coefficient (Wildman–Crippen LogP) is 11.6. The number of ether oxygens (including phenoxy) is 2. The minimum Gasteiger partial charge on any atom is -0.493 e. The number of aromatic amines is 1. The van der Waals surface area contributed by atoms with E-state index >= 15 is 17.6 Å². The number of aliphatic hydroxyl groups is 1. The van der Waals surface area contributed by atoms with Gasteiger partial charge in [0.15, 0.2) is 0 Å². The van der Waals surface area contributed by atoms with E-state index in [0.717, 1.165) is 79.9 Å². The first-order valence-electron chi connectivity index (χ1n) is 30.2. The van der Waals surface area contributed by atoms with E-state index in [4.69, 9.17) is 13.9 Å². The van der Waals surface area contributed by atoms with Gasteiger partial charge in [-0.25, -0.2) is 22.5 Å². The summed E-state index contributed by atoms with van der Waals surface area (Å²) in [6.45, 7) is 14.0. The molecule has 9 rings (SSSR count). The van der Waals surface area contributed by atoms with Crippen LogP contribution in [-0.2, 0) is 36.5 Å². The number of nitrogens with one attached hydrogen (secondary N) is 3. The molecule has 2 aliphatic heterocycles. The molecule has 5 atom stereocenters. The predicted molar refractivity (Wildman–Crippen MR) is 336 cm³/mol. The summed E-state index contributed by atoms with van der Waals surface area (Å²) >= 11 is 1.56. The lowest BCUT2D eigenvalue weighted by Gasteiger charge is -2.45. The molecule has 87 heavy (non-hydrogen) atoms. The average Bonchev–Trinajstić information content (AvgIpc) is 1.77. The standard InChI is InChI=1S/C68H82F4N6O7SSi/c1-44-34-53-52-26-18-19-27-56(52)75-60(53)61(78(44)41-68(71,72)42-85-87(67(6,7)8,50-22-14-12-15-23-50)51-24-16-13-17-25-51)59-54(69)36-49(37-55(59)70)84-33-21-11-9-10-20-32-83-40-58(80)76-63(66(3,4)5)65(82)77-39-48(79)35-57(77)64(81)73-38-46-28-30-47(31-29-46)62-45(2)74-43-86-62/h12-19,22-31,36-37,43-44,48,57,61,63,75,79H,9-11,20-21,32-35,38-42H2,1-8H3,(H,73,81)(H,76,80)/t44-,48-,57+,61-,63-/m1/s1. The number of aliphatic hydroxyl groups excluding tert-OH is 1. The van der Waals surface area contributed by atoms with Crippen LogP contribution in [0.15, 0.2) is 127 Å². The molecule has 0 saturated carbocycles. The topological polar surface area (TPSA) is 158 Å². The van der Waals surface area contributed by atoms with Gasteiger partial charge in [-0.05, 0) is 76.7 Å². The van der Waals surface area contributed by atoms with Crippen molar-refractivity contribution in [2.24, 2.45) is 5.41 Å². The number of aromatic nitrogens is 2. The molecule has 13 nitrogen and oxygen atoms in total. The Bertz CT molecular complexity index is 3400. The van der Waals surface area contributed by atoms with Crippen LogP contribution in [0.2, 0.25) is 5.04 Å². The molecule has 0 radical (unpaired) electrons. The van der Waals surface area contributed by atoms with E-state index < -0.39 is 97.5 Å². The van der Waals surface area contributed by atoms with Crippen molar-refractivity contribution >= 4 is 58.7 Å². The van der Waals surface area contributed by atoms with Crippen molar-refractivity contribution in [3.63, 3.8) is 0 Å². The van der Waals surface area contributed by atoms with E-state index in [1.807, 2.05) is 165 Å². The van der Waals surface area contributed by atoms with Crippen LogP contribution in [0.4, 0.5) is 17.6 Å². The number of thiazole rings is 1. The average molecular weight is 1230 g/mol. The van der Waals surface area contributed by atoms with Crippen LogP contribution < -0.4 is 25.7 Å². The number of aryl methyl sites for hydroxylation is 1. The van der Waals surface area contributed by atoms with E-state index in [9.17, 15) is 19.5 Å². The fraction of sp³-hybridized carbons (Fsp3) is 0.441.